The van der Waals surface area contributed by atoms with Crippen molar-refractivity contribution in [2.75, 3.05) is 210 Å². The lowest BCUT2D eigenvalue weighted by molar-refractivity contribution is -0.271. The number of anilines is 2. The average molecular weight is 2110 g/mol. The number of likely N-dealkylation sites (tertiary alicyclic amines) is 1. The van der Waals surface area contributed by atoms with Crippen LogP contribution in [-0.4, -0.2) is 370 Å². The standard InChI is InChI=1S/C106H157N13O31/c1-70(2)82(63-71(3)100(131)132)117(10)99(130)95(104(4,5)6)113-98(129)94(107-9)105(7,8)76-20-18-21-77(65-76)111-103(135)148-69-72-27-28-83(149-102-92(126)90(124)91(125)93(150-102)101(133)134)75(64-72)66-109-84(120)31-37-108-97(128)80(67-110-85(121)32-40-137-43-44-139-47-48-141-51-52-143-55-56-145-59-60-147-62-61-146-58-57-144-54-53-142-50-49-140-46-45-138-42-41-136-11)112-96(127)73-29-33-106(34-30-73)35-38-118(39-36-106)86(122)25-16-17-26-87(123)119-68-74-19-12-13-22-78(74)88-89(115-116-114-88)79-23-14-15-24-81(79)119/h12-15,18-24,27-28,63-65,70,73,80,82,90-95,102,107,124-126H,16-17,25-26,29-62,66-69H2,1-11H3,(H,108,128)(H,109,120)(H,110,121)(H,111,135)(H,112,127)(H,113,129)(H,131,132)(H,133,134)(H,114,115,116)/b71-63+. The Hall–Kier alpha value is -11.2. The number of fused-ring (bicyclic) bond motifs is 5. The van der Waals surface area contributed by atoms with E-state index in [1.54, 1.807) is 50.4 Å². The van der Waals surface area contributed by atoms with Crippen molar-refractivity contribution >= 4 is 76.7 Å². The van der Waals surface area contributed by atoms with Crippen LogP contribution in [0.15, 0.2) is 103 Å². The van der Waals surface area contributed by atoms with Crippen LogP contribution in [-0.2, 0) is 139 Å². The van der Waals surface area contributed by atoms with Crippen LogP contribution in [0, 0.1) is 22.7 Å². The number of nitrogens with zero attached hydrogens (tertiary/aromatic N) is 5. The minimum Gasteiger partial charge on any atom is -0.479 e. The number of unbranched alkanes of at least 4 members (excludes halogenated alkanes) is 1. The number of H-pyrrole nitrogens is 1. The number of carbonyl (C=O) groups is 11. The second-order valence-corrected chi connectivity index (χ2v) is 39.4. The van der Waals surface area contributed by atoms with Gasteiger partial charge in [0, 0.05) is 112 Å². The average Bonchev–Trinajstić information content (AvgIpc) is 1.60. The number of carboxylic acids is 2. The Bertz CT molecular complexity index is 5080. The number of ether oxygens (including phenoxy) is 15. The molecule has 9 atom stereocenters. The molecule has 9 unspecified atom stereocenters. The number of likely N-dealkylation sites (N-methyl/N-ethyl adjacent to an activating group) is 2. The number of rotatable bonds is 67. The fourth-order valence-electron chi connectivity index (χ4n) is 17.9. The van der Waals surface area contributed by atoms with Crippen molar-refractivity contribution in [2.45, 2.75) is 212 Å². The van der Waals surface area contributed by atoms with E-state index in [4.69, 9.17) is 71.1 Å². The van der Waals surface area contributed by atoms with Crippen LogP contribution in [0.3, 0.4) is 0 Å². The molecule has 1 aromatic heterocycles. The number of piperidine rings is 1. The number of methoxy groups -OCH3 is 1. The second kappa shape index (κ2) is 64.0. The Morgan fingerprint density at radius 2 is 1.11 bits per heavy atom. The maximum absolute atomic E-state index is 14.5. The summed E-state index contributed by atoms with van der Waals surface area (Å²) in [4.78, 5) is 156. The number of aromatic nitrogens is 3. The topological polar surface area (TPSA) is 563 Å². The van der Waals surface area contributed by atoms with Crippen molar-refractivity contribution in [2.24, 2.45) is 22.7 Å². The van der Waals surface area contributed by atoms with E-state index in [2.05, 4.69) is 52.6 Å². The molecule has 150 heavy (non-hydrogen) atoms. The van der Waals surface area contributed by atoms with Gasteiger partial charge in [-0.3, -0.25) is 43.7 Å². The molecule has 44 nitrogen and oxygen atoms in total. The van der Waals surface area contributed by atoms with Crippen molar-refractivity contribution in [1.82, 2.24) is 57.1 Å². The van der Waals surface area contributed by atoms with Gasteiger partial charge in [-0.05, 0) is 129 Å². The predicted octanol–water partition coefficient (Wildman–Crippen LogP) is 5.92. The zero-order chi connectivity index (χ0) is 109. The van der Waals surface area contributed by atoms with Crippen LogP contribution in [0.1, 0.15) is 155 Å². The molecular weight excluding hydrogens is 1950 g/mol. The molecule has 4 heterocycles. The third-order valence-electron chi connectivity index (χ3n) is 26.7. The zero-order valence-electron chi connectivity index (χ0n) is 88.4. The highest BCUT2D eigenvalue weighted by molar-refractivity contribution is 6.00. The van der Waals surface area contributed by atoms with Gasteiger partial charge in [0.2, 0.25) is 53.5 Å². The highest BCUT2D eigenvalue weighted by atomic mass is 16.7. The summed E-state index contributed by atoms with van der Waals surface area (Å²) in [7, 11) is 4.80. The SMILES string of the molecule is CNC(C(=O)NC(C(=O)N(C)C(/C=C(\C)C(=O)O)C(C)C)C(C)(C)C)C(C)(C)c1cccc(NC(=O)OCc2ccc(OC3OC(C(=O)O)C(O)C(O)C3O)c(CNC(=O)CCNC(=O)C(CNC(=O)CCOCCOCCOCCOCCOCCOCCOCCOCCOCCOCCOCCOC)NC(=O)C3CCC4(CC3)CCN(C(=O)CCCCC(=O)N3Cc5ccccc5-c5n[nH]nc5-c5ccccc53)CC4)c2)c1. The maximum atomic E-state index is 14.5. The Labute approximate surface area is 876 Å². The molecular formula is C106H157N13O31. The zero-order valence-corrected chi connectivity index (χ0v) is 88.4. The number of aliphatic carboxylic acids is 2. The number of carbonyl (C=O) groups excluding carboxylic acids is 9. The third kappa shape index (κ3) is 39.5. The van der Waals surface area contributed by atoms with E-state index in [1.165, 1.54) is 36.1 Å². The fraction of sp³-hybridized carbons (Fsp3) is 0.632. The Morgan fingerprint density at radius 3 is 1.66 bits per heavy atom. The van der Waals surface area contributed by atoms with E-state index in [-0.39, 0.29) is 117 Å². The van der Waals surface area contributed by atoms with Crippen molar-refractivity contribution < 1.29 is 149 Å². The quantitative estimate of drug-likeness (QED) is 0.0159. The monoisotopic (exact) mass is 2110 g/mol. The first-order valence-electron chi connectivity index (χ1n) is 51.6. The lowest BCUT2D eigenvalue weighted by Crippen LogP contribution is -2.61. The van der Waals surface area contributed by atoms with E-state index in [0.29, 0.717) is 206 Å². The molecule has 832 valence electrons. The molecule has 1 aliphatic carbocycles. The van der Waals surface area contributed by atoms with Crippen LogP contribution < -0.4 is 46.9 Å². The number of carboxylic acid groups (broad SMARTS) is 2. The first kappa shape index (κ1) is 122. The van der Waals surface area contributed by atoms with Gasteiger partial charge in [0.25, 0.3) is 0 Å². The molecule has 4 aliphatic rings. The Balaban J connectivity index is 0.734. The first-order valence-corrected chi connectivity index (χ1v) is 51.6. The smallest absolute Gasteiger partial charge is 0.411 e. The molecule has 3 aliphatic heterocycles. The van der Waals surface area contributed by atoms with Gasteiger partial charge in [-0.1, -0.05) is 115 Å². The van der Waals surface area contributed by atoms with Crippen molar-refractivity contribution in [3.8, 4) is 28.3 Å². The van der Waals surface area contributed by atoms with Crippen LogP contribution in [0.2, 0.25) is 0 Å². The maximum Gasteiger partial charge on any atom is 0.411 e. The van der Waals surface area contributed by atoms with Gasteiger partial charge in [-0.2, -0.15) is 15.4 Å². The summed E-state index contributed by atoms with van der Waals surface area (Å²) in [5.74, 6) is -6.86. The van der Waals surface area contributed by atoms with E-state index in [0.717, 1.165) is 35.2 Å². The van der Waals surface area contributed by atoms with Crippen LogP contribution in [0.4, 0.5) is 16.2 Å². The second-order valence-electron chi connectivity index (χ2n) is 39.4. The largest absolute Gasteiger partial charge is 0.479 e. The fourth-order valence-corrected chi connectivity index (χ4v) is 17.9. The van der Waals surface area contributed by atoms with E-state index < -0.39 is 132 Å². The molecule has 13 N–H and O–H groups in total. The first-order chi connectivity index (χ1) is 72.0. The van der Waals surface area contributed by atoms with Crippen molar-refractivity contribution in [3.63, 3.8) is 0 Å². The highest BCUT2D eigenvalue weighted by Crippen LogP contribution is 2.47. The predicted molar refractivity (Wildman–Crippen MR) is 549 cm³/mol. The highest BCUT2D eigenvalue weighted by Gasteiger charge is 2.49. The van der Waals surface area contributed by atoms with Gasteiger partial charge in [-0.25, -0.2) is 14.4 Å². The molecule has 5 aromatic rings. The Morgan fingerprint density at radius 1 is 0.580 bits per heavy atom. The van der Waals surface area contributed by atoms with E-state index in [9.17, 15) is 78.3 Å². The van der Waals surface area contributed by atoms with Gasteiger partial charge in [-0.15, -0.1) is 0 Å². The van der Waals surface area contributed by atoms with Crippen molar-refractivity contribution in [3.05, 3.63) is 125 Å². The number of aromatic amines is 1. The molecule has 2 saturated heterocycles. The van der Waals surface area contributed by atoms with Gasteiger partial charge >= 0.3 is 18.0 Å². The summed E-state index contributed by atoms with van der Waals surface area (Å²) in [6, 6.07) is 22.5. The lowest BCUT2D eigenvalue weighted by atomic mass is 9.65. The molecule has 1 spiro atoms. The van der Waals surface area contributed by atoms with Gasteiger partial charge < -0.3 is 143 Å². The van der Waals surface area contributed by atoms with Crippen LogP contribution in [0.5, 0.6) is 5.75 Å². The molecule has 0 radical (unpaired) electrons. The van der Waals surface area contributed by atoms with Crippen LogP contribution in [0.25, 0.3) is 22.5 Å². The minimum atomic E-state index is -2.05. The molecule has 3 fully saturated rings. The van der Waals surface area contributed by atoms with E-state index >= 15 is 0 Å². The summed E-state index contributed by atoms with van der Waals surface area (Å²) in [6.07, 6.45) is -4.50. The van der Waals surface area contributed by atoms with Gasteiger partial charge in [0.15, 0.2) is 6.10 Å². The number of hydrogen-bond donors (Lipinski definition) is 13. The number of amides is 9. The van der Waals surface area contributed by atoms with Gasteiger partial charge in [0.05, 0.1) is 176 Å². The number of aliphatic hydroxyl groups excluding tert-OH is 3. The van der Waals surface area contributed by atoms with E-state index in [1.807, 2.05) is 102 Å². The number of hydrogen-bond acceptors (Lipinski definition) is 32. The summed E-state index contributed by atoms with van der Waals surface area (Å²) in [5.41, 5.74) is 4.14. The molecule has 9 rings (SSSR count). The summed E-state index contributed by atoms with van der Waals surface area (Å²) >= 11 is 0. The van der Waals surface area contributed by atoms with Crippen LogP contribution >= 0.6 is 0 Å². The van der Waals surface area contributed by atoms with Crippen molar-refractivity contribution in [1.29, 1.82) is 0 Å². The third-order valence-corrected chi connectivity index (χ3v) is 26.7. The molecule has 1 saturated carbocycles. The molecule has 4 aromatic carbocycles. The molecule has 0 bridgehead atoms. The number of aliphatic hydroxyl groups is 3. The summed E-state index contributed by atoms with van der Waals surface area (Å²) in [6.45, 7) is 23.2. The Kier molecular flexibility index (Phi) is 52.2. The summed E-state index contributed by atoms with van der Waals surface area (Å²) in [5, 5.41) is 83.3. The molecule has 9 amide bonds. The number of nitrogens with one attached hydrogen (secondary N) is 8. The normalized spacial score (nSPS) is 17.6. The minimum absolute atomic E-state index is 0.00481. The summed E-state index contributed by atoms with van der Waals surface area (Å²) < 4.78 is 83.0. The lowest BCUT2D eigenvalue weighted by Gasteiger charge is -2.45. The number of para-hydroxylation sites is 1. The number of benzene rings is 4. The van der Waals surface area contributed by atoms with Gasteiger partial charge in [0.1, 0.15) is 54.1 Å². The molecule has 44 heteroatoms.